The average Bonchev–Trinajstić information content (AvgIpc) is 2.65. The fourth-order valence-electron chi connectivity index (χ4n) is 2.10. The Balaban J connectivity index is 2.03. The van der Waals surface area contributed by atoms with E-state index in [0.29, 0.717) is 23.4 Å². The summed E-state index contributed by atoms with van der Waals surface area (Å²) in [7, 11) is 0. The highest BCUT2D eigenvalue weighted by atomic mass is 16.2. The number of fused-ring (bicyclic) bond motifs is 1. The number of carbonyl (C=O) groups is 2. The van der Waals surface area contributed by atoms with Gasteiger partial charge in [0.2, 0.25) is 5.91 Å². The second kappa shape index (κ2) is 5.69. The molecule has 0 fully saturated rings. The van der Waals surface area contributed by atoms with Gasteiger partial charge in [-0.05, 0) is 18.6 Å². The van der Waals surface area contributed by atoms with Crippen LogP contribution in [0.5, 0.6) is 0 Å². The predicted molar refractivity (Wildman–Crippen MR) is 75.7 cm³/mol. The van der Waals surface area contributed by atoms with Gasteiger partial charge in [0.1, 0.15) is 0 Å². The van der Waals surface area contributed by atoms with Gasteiger partial charge in [-0.1, -0.05) is 32.4 Å². The molecule has 0 bridgehead atoms. The Bertz CT molecular complexity index is 535. The predicted octanol–water partition coefficient (Wildman–Crippen LogP) is 2.92. The zero-order chi connectivity index (χ0) is 13.8. The average molecular weight is 258 g/mol. The molecule has 1 aliphatic rings. The third kappa shape index (κ3) is 3.02. The van der Waals surface area contributed by atoms with Gasteiger partial charge in [0.25, 0.3) is 5.91 Å². The molecule has 4 nitrogen and oxygen atoms in total. The van der Waals surface area contributed by atoms with Crippen LogP contribution in [0.1, 0.15) is 48.5 Å². The first-order chi connectivity index (χ1) is 9.11. The molecule has 0 aromatic heterocycles. The second-order valence-electron chi connectivity index (χ2n) is 4.70. The SMILES string of the molecule is C=C1NC(=O)c2cc(NC(=O)CCCCC)ccc21. The number of hydrogen-bond acceptors (Lipinski definition) is 2. The summed E-state index contributed by atoms with van der Waals surface area (Å²) in [4.78, 5) is 23.3. The van der Waals surface area contributed by atoms with Crippen molar-refractivity contribution in [2.75, 3.05) is 5.32 Å². The summed E-state index contributed by atoms with van der Waals surface area (Å²) in [6.45, 7) is 5.87. The molecular weight excluding hydrogens is 240 g/mol. The van der Waals surface area contributed by atoms with Crippen LogP contribution in [-0.4, -0.2) is 11.8 Å². The van der Waals surface area contributed by atoms with Crippen LogP contribution in [-0.2, 0) is 4.79 Å². The molecule has 2 amide bonds. The van der Waals surface area contributed by atoms with Crippen molar-refractivity contribution in [3.05, 3.63) is 35.9 Å². The Labute approximate surface area is 112 Å². The molecule has 1 heterocycles. The van der Waals surface area contributed by atoms with Gasteiger partial charge in [-0.2, -0.15) is 0 Å². The minimum Gasteiger partial charge on any atom is -0.326 e. The molecule has 100 valence electrons. The van der Waals surface area contributed by atoms with E-state index < -0.39 is 0 Å². The smallest absolute Gasteiger partial charge is 0.256 e. The first-order valence-corrected chi connectivity index (χ1v) is 6.56. The number of unbranched alkanes of at least 4 members (excludes halogenated alkanes) is 2. The minimum absolute atomic E-state index is 0.00867. The number of benzene rings is 1. The number of hydrogen-bond donors (Lipinski definition) is 2. The van der Waals surface area contributed by atoms with Crippen LogP contribution in [0.3, 0.4) is 0 Å². The quantitative estimate of drug-likeness (QED) is 0.798. The third-order valence-corrected chi connectivity index (χ3v) is 3.14. The number of nitrogens with one attached hydrogen (secondary N) is 2. The maximum absolute atomic E-state index is 11.7. The summed E-state index contributed by atoms with van der Waals surface area (Å²) in [5, 5.41) is 5.48. The van der Waals surface area contributed by atoms with Gasteiger partial charge in [0.05, 0.1) is 5.56 Å². The maximum atomic E-state index is 11.7. The van der Waals surface area contributed by atoms with Crippen LogP contribution in [0, 0.1) is 0 Å². The van der Waals surface area contributed by atoms with Gasteiger partial charge < -0.3 is 10.6 Å². The maximum Gasteiger partial charge on any atom is 0.256 e. The molecule has 0 radical (unpaired) electrons. The number of amides is 2. The highest BCUT2D eigenvalue weighted by Crippen LogP contribution is 2.25. The van der Waals surface area contributed by atoms with E-state index in [1.54, 1.807) is 18.2 Å². The number of anilines is 1. The van der Waals surface area contributed by atoms with Crippen molar-refractivity contribution in [3.63, 3.8) is 0 Å². The Hall–Kier alpha value is -2.10. The van der Waals surface area contributed by atoms with Crippen molar-refractivity contribution in [1.82, 2.24) is 5.32 Å². The van der Waals surface area contributed by atoms with E-state index in [4.69, 9.17) is 0 Å². The molecule has 0 unspecified atom stereocenters. The van der Waals surface area contributed by atoms with Crippen LogP contribution in [0.4, 0.5) is 5.69 Å². The lowest BCUT2D eigenvalue weighted by atomic mass is 10.1. The van der Waals surface area contributed by atoms with E-state index in [1.807, 2.05) is 0 Å². The van der Waals surface area contributed by atoms with Crippen molar-refractivity contribution in [2.45, 2.75) is 32.6 Å². The second-order valence-corrected chi connectivity index (χ2v) is 4.70. The highest BCUT2D eigenvalue weighted by molar-refractivity contribution is 6.09. The van der Waals surface area contributed by atoms with Gasteiger partial charge in [0, 0.05) is 23.4 Å². The molecule has 4 heteroatoms. The molecular formula is C15H18N2O2. The lowest BCUT2D eigenvalue weighted by Gasteiger charge is -2.06. The molecule has 2 rings (SSSR count). The summed E-state index contributed by atoms with van der Waals surface area (Å²) in [5.41, 5.74) is 2.64. The number of rotatable bonds is 5. The zero-order valence-corrected chi connectivity index (χ0v) is 11.1. The van der Waals surface area contributed by atoms with E-state index in [2.05, 4.69) is 24.1 Å². The van der Waals surface area contributed by atoms with Crippen molar-refractivity contribution >= 4 is 23.2 Å². The molecule has 0 saturated carbocycles. The Kier molecular flexibility index (Phi) is 4.00. The van der Waals surface area contributed by atoms with Gasteiger partial charge in [-0.3, -0.25) is 9.59 Å². The Morgan fingerprint density at radius 3 is 2.84 bits per heavy atom. The van der Waals surface area contributed by atoms with Gasteiger partial charge in [-0.25, -0.2) is 0 Å². The van der Waals surface area contributed by atoms with Gasteiger partial charge in [0.15, 0.2) is 0 Å². The van der Waals surface area contributed by atoms with Gasteiger partial charge in [-0.15, -0.1) is 0 Å². The summed E-state index contributed by atoms with van der Waals surface area (Å²) in [5.74, 6) is -0.173. The summed E-state index contributed by atoms with van der Waals surface area (Å²) < 4.78 is 0. The lowest BCUT2D eigenvalue weighted by Crippen LogP contribution is -2.13. The summed E-state index contributed by atoms with van der Waals surface area (Å²) >= 11 is 0. The van der Waals surface area contributed by atoms with Crippen LogP contribution in [0.2, 0.25) is 0 Å². The van der Waals surface area contributed by atoms with Gasteiger partial charge >= 0.3 is 0 Å². The highest BCUT2D eigenvalue weighted by Gasteiger charge is 2.22. The van der Waals surface area contributed by atoms with Crippen LogP contribution < -0.4 is 10.6 Å². The van der Waals surface area contributed by atoms with Crippen LogP contribution in [0.25, 0.3) is 5.70 Å². The van der Waals surface area contributed by atoms with Crippen molar-refractivity contribution in [1.29, 1.82) is 0 Å². The molecule has 1 aromatic carbocycles. The molecule has 0 spiro atoms. The molecule has 1 aromatic rings. The molecule has 0 atom stereocenters. The molecule has 2 N–H and O–H groups in total. The molecule has 0 saturated heterocycles. The first-order valence-electron chi connectivity index (χ1n) is 6.56. The van der Waals surface area contributed by atoms with Crippen LogP contribution in [0.15, 0.2) is 24.8 Å². The van der Waals surface area contributed by atoms with E-state index in [9.17, 15) is 9.59 Å². The fraction of sp³-hybridized carbons (Fsp3) is 0.333. The standard InChI is InChI=1S/C15H18N2O2/c1-3-4-5-6-14(18)17-11-7-8-12-10(2)16-15(19)13(12)9-11/h7-9H,2-6H2,1H3,(H,16,19)(H,17,18). The Morgan fingerprint density at radius 2 is 2.11 bits per heavy atom. The van der Waals surface area contributed by atoms with Crippen LogP contribution >= 0.6 is 0 Å². The minimum atomic E-state index is -0.165. The molecule has 1 aliphatic heterocycles. The lowest BCUT2D eigenvalue weighted by molar-refractivity contribution is -0.116. The largest absolute Gasteiger partial charge is 0.326 e. The topological polar surface area (TPSA) is 58.2 Å². The first kappa shape index (κ1) is 13.3. The monoisotopic (exact) mass is 258 g/mol. The van der Waals surface area contributed by atoms with Crippen molar-refractivity contribution in [2.24, 2.45) is 0 Å². The van der Waals surface area contributed by atoms with E-state index in [0.717, 1.165) is 24.8 Å². The van der Waals surface area contributed by atoms with E-state index in [1.165, 1.54) is 0 Å². The van der Waals surface area contributed by atoms with Crippen molar-refractivity contribution in [3.8, 4) is 0 Å². The summed E-state index contributed by atoms with van der Waals surface area (Å²) in [6.07, 6.45) is 3.56. The van der Waals surface area contributed by atoms with E-state index in [-0.39, 0.29) is 11.8 Å². The van der Waals surface area contributed by atoms with E-state index >= 15 is 0 Å². The third-order valence-electron chi connectivity index (χ3n) is 3.14. The fourth-order valence-corrected chi connectivity index (χ4v) is 2.10. The van der Waals surface area contributed by atoms with Crippen molar-refractivity contribution < 1.29 is 9.59 Å². The summed E-state index contributed by atoms with van der Waals surface area (Å²) in [6, 6.07) is 5.29. The normalized spacial score (nSPS) is 13.1. The number of carbonyl (C=O) groups excluding carboxylic acids is 2. The Morgan fingerprint density at radius 1 is 1.32 bits per heavy atom. The molecule has 0 aliphatic carbocycles. The zero-order valence-electron chi connectivity index (χ0n) is 11.1. The molecule has 19 heavy (non-hydrogen) atoms.